The lowest BCUT2D eigenvalue weighted by atomic mass is 10.2. The van der Waals surface area contributed by atoms with E-state index in [9.17, 15) is 23.3 Å². The van der Waals surface area contributed by atoms with Crippen LogP contribution in [0, 0.1) is 5.82 Å². The molecular weight excluding hydrogens is 338 g/mol. The van der Waals surface area contributed by atoms with Crippen LogP contribution in [0.15, 0.2) is 27.9 Å². The summed E-state index contributed by atoms with van der Waals surface area (Å²) in [7, 11) is -5.03. The molecule has 0 spiro atoms. The first-order valence-corrected chi connectivity index (χ1v) is 7.90. The smallest absolute Gasteiger partial charge is 0.365 e. The zero-order chi connectivity index (χ0) is 17.4. The highest BCUT2D eigenvalue weighted by Crippen LogP contribution is 2.43. The van der Waals surface area contributed by atoms with Gasteiger partial charge in [-0.1, -0.05) is 12.2 Å². The third-order valence-electron chi connectivity index (χ3n) is 3.12. The maximum atomic E-state index is 13.2. The van der Waals surface area contributed by atoms with Crippen molar-refractivity contribution in [1.82, 2.24) is 9.55 Å². The number of aromatic amines is 1. The topological polar surface area (TPSA) is 159 Å². The molecule has 0 amide bonds. The Morgan fingerprint density at radius 1 is 1.43 bits per heavy atom. The first-order valence-electron chi connectivity index (χ1n) is 6.22. The Balaban J connectivity index is 2.17. The van der Waals surface area contributed by atoms with Gasteiger partial charge in [-0.15, -0.1) is 0 Å². The largest absolute Gasteiger partial charge is 0.479 e. The molecule has 1 aliphatic carbocycles. The Morgan fingerprint density at radius 2 is 2.09 bits per heavy atom. The summed E-state index contributed by atoms with van der Waals surface area (Å²) in [6, 6.07) is -0.759. The zero-order valence-electron chi connectivity index (χ0n) is 11.3. The maximum absolute atomic E-state index is 13.2. The van der Waals surface area contributed by atoms with Gasteiger partial charge in [0.2, 0.25) is 5.82 Å². The van der Waals surface area contributed by atoms with Crippen molar-refractivity contribution in [2.45, 2.75) is 24.4 Å². The molecule has 4 N–H and O–H groups in total. The summed E-state index contributed by atoms with van der Waals surface area (Å²) < 4.78 is 30.0. The number of allylic oxidation sites excluding steroid dienone is 1. The summed E-state index contributed by atoms with van der Waals surface area (Å²) >= 11 is 0. The molecule has 0 saturated carbocycles. The van der Waals surface area contributed by atoms with E-state index < -0.39 is 48.6 Å². The maximum Gasteiger partial charge on any atom is 0.365 e. The van der Waals surface area contributed by atoms with Gasteiger partial charge in [-0.25, -0.2) is 9.59 Å². The van der Waals surface area contributed by atoms with E-state index in [1.54, 1.807) is 4.98 Å². The first kappa shape index (κ1) is 17.3. The lowest BCUT2D eigenvalue weighted by Gasteiger charge is -2.20. The van der Waals surface area contributed by atoms with Gasteiger partial charge >= 0.3 is 19.3 Å². The molecule has 2 rings (SSSR count). The Bertz CT molecular complexity index is 809. The fourth-order valence-corrected chi connectivity index (χ4v) is 2.71. The number of carboxylic acid groups (broad SMARTS) is 1. The van der Waals surface area contributed by atoms with E-state index in [0.717, 1.165) is 4.57 Å². The quantitative estimate of drug-likeness (QED) is 0.395. The average molecular weight is 350 g/mol. The lowest BCUT2D eigenvalue weighted by Crippen LogP contribution is -2.34. The summed E-state index contributed by atoms with van der Waals surface area (Å²) in [6.07, 6.45) is 2.30. The summed E-state index contributed by atoms with van der Waals surface area (Å²) in [4.78, 5) is 53.1. The molecule has 23 heavy (non-hydrogen) atoms. The van der Waals surface area contributed by atoms with Crippen LogP contribution in [0.2, 0.25) is 0 Å². The first-order chi connectivity index (χ1) is 10.6. The highest BCUT2D eigenvalue weighted by molar-refractivity contribution is 7.53. The number of carboxylic acids is 1. The van der Waals surface area contributed by atoms with Gasteiger partial charge in [-0.2, -0.15) is 4.39 Å². The molecule has 1 unspecified atom stereocenters. The SMILES string of the molecule is O=C(O)C(O[C@@H]1C=C[C@H](n2cc(F)c(=O)[nH]c2=O)C1)P(=O)(O)O. The Kier molecular flexibility index (Phi) is 4.66. The predicted octanol–water partition coefficient (Wildman–Crippen LogP) is -0.850. The summed E-state index contributed by atoms with van der Waals surface area (Å²) in [6.45, 7) is 0. The molecular formula is C11H12FN2O8P. The van der Waals surface area contributed by atoms with Gasteiger partial charge in [0.1, 0.15) is 0 Å². The number of hydrogen-bond acceptors (Lipinski definition) is 5. The summed E-state index contributed by atoms with van der Waals surface area (Å²) in [5.74, 6) is -5.36. The van der Waals surface area contributed by atoms with Gasteiger partial charge < -0.3 is 19.6 Å². The van der Waals surface area contributed by atoms with Gasteiger partial charge in [-0.3, -0.25) is 18.9 Å². The van der Waals surface area contributed by atoms with Crippen LogP contribution in [-0.4, -0.2) is 42.4 Å². The van der Waals surface area contributed by atoms with Crippen LogP contribution in [0.25, 0.3) is 0 Å². The molecule has 0 aliphatic heterocycles. The van der Waals surface area contributed by atoms with E-state index >= 15 is 0 Å². The zero-order valence-corrected chi connectivity index (χ0v) is 12.2. The van der Waals surface area contributed by atoms with E-state index in [1.165, 1.54) is 12.2 Å². The van der Waals surface area contributed by atoms with Crippen LogP contribution in [0.1, 0.15) is 12.5 Å². The minimum absolute atomic E-state index is 0.0603. The third-order valence-corrected chi connectivity index (χ3v) is 4.08. The van der Waals surface area contributed by atoms with Crippen LogP contribution in [0.3, 0.4) is 0 Å². The molecule has 0 bridgehead atoms. The molecule has 0 fully saturated rings. The monoisotopic (exact) mass is 350 g/mol. The summed E-state index contributed by atoms with van der Waals surface area (Å²) in [5, 5.41) is 8.78. The molecule has 0 radical (unpaired) electrons. The standard InChI is InChI=1S/C11H12FN2O8P/c12-7-4-14(11(18)13-8(7)15)5-1-2-6(3-5)22-10(9(16)17)23(19,20)21/h1-2,4-6,10H,3H2,(H,16,17)(H,13,15,18)(H2,19,20,21)/t5-,6+,10?/m0/s1. The predicted molar refractivity (Wildman–Crippen MR) is 72.4 cm³/mol. The van der Waals surface area contributed by atoms with Gasteiger partial charge in [0.25, 0.3) is 11.4 Å². The van der Waals surface area contributed by atoms with E-state index in [-0.39, 0.29) is 6.42 Å². The normalized spacial score (nSPS) is 22.2. The molecule has 3 atom stereocenters. The van der Waals surface area contributed by atoms with Crippen LogP contribution in [0.4, 0.5) is 4.39 Å². The number of nitrogens with one attached hydrogen (secondary N) is 1. The Labute approximate surface area is 127 Å². The second-order valence-corrected chi connectivity index (χ2v) is 6.43. The Hall–Kier alpha value is -2.07. The number of hydrogen-bond donors (Lipinski definition) is 4. The van der Waals surface area contributed by atoms with E-state index in [2.05, 4.69) is 0 Å². The molecule has 12 heteroatoms. The van der Waals surface area contributed by atoms with Crippen molar-refractivity contribution in [3.63, 3.8) is 0 Å². The second-order valence-electron chi connectivity index (χ2n) is 4.79. The van der Waals surface area contributed by atoms with Gasteiger partial charge in [-0.05, 0) is 0 Å². The van der Waals surface area contributed by atoms with Crippen molar-refractivity contribution in [2.24, 2.45) is 0 Å². The number of carbonyl (C=O) groups is 1. The number of halogens is 1. The fourth-order valence-electron chi connectivity index (χ4n) is 2.11. The molecule has 10 nitrogen and oxygen atoms in total. The van der Waals surface area contributed by atoms with Crippen molar-refractivity contribution in [2.75, 3.05) is 0 Å². The van der Waals surface area contributed by atoms with Gasteiger partial charge in [0.05, 0.1) is 18.3 Å². The Morgan fingerprint density at radius 3 is 2.65 bits per heavy atom. The van der Waals surface area contributed by atoms with E-state index in [0.29, 0.717) is 6.20 Å². The highest BCUT2D eigenvalue weighted by Gasteiger charge is 2.39. The lowest BCUT2D eigenvalue weighted by molar-refractivity contribution is -0.147. The molecule has 1 aromatic heterocycles. The highest BCUT2D eigenvalue weighted by atomic mass is 31.2. The molecule has 1 aromatic rings. The number of rotatable bonds is 5. The number of nitrogens with zero attached hydrogens (tertiary/aromatic N) is 1. The molecule has 1 aliphatic rings. The second kappa shape index (κ2) is 6.20. The number of aliphatic carboxylic acids is 1. The molecule has 0 saturated heterocycles. The van der Waals surface area contributed by atoms with Gasteiger partial charge in [0.15, 0.2) is 0 Å². The molecule has 126 valence electrons. The van der Waals surface area contributed by atoms with Crippen LogP contribution in [-0.2, 0) is 14.1 Å². The van der Waals surface area contributed by atoms with E-state index in [1.807, 2.05) is 0 Å². The average Bonchev–Trinajstić information content (AvgIpc) is 2.87. The van der Waals surface area contributed by atoms with E-state index in [4.69, 9.17) is 19.6 Å². The fraction of sp³-hybridized carbons (Fsp3) is 0.364. The third kappa shape index (κ3) is 3.82. The van der Waals surface area contributed by atoms with Gasteiger partial charge in [0, 0.05) is 6.42 Å². The van der Waals surface area contributed by atoms with Crippen molar-refractivity contribution < 1.29 is 33.4 Å². The molecule has 0 aromatic carbocycles. The molecule has 1 heterocycles. The van der Waals surface area contributed by atoms with Crippen LogP contribution >= 0.6 is 7.60 Å². The van der Waals surface area contributed by atoms with Crippen LogP contribution < -0.4 is 11.2 Å². The van der Waals surface area contributed by atoms with Crippen molar-refractivity contribution in [3.8, 4) is 0 Å². The number of H-pyrrole nitrogens is 1. The number of aromatic nitrogens is 2. The summed E-state index contributed by atoms with van der Waals surface area (Å²) in [5.41, 5.74) is -2.05. The minimum Gasteiger partial charge on any atom is -0.479 e. The van der Waals surface area contributed by atoms with Crippen molar-refractivity contribution >= 4 is 13.6 Å². The van der Waals surface area contributed by atoms with Crippen LogP contribution in [0.5, 0.6) is 0 Å². The van der Waals surface area contributed by atoms with Crippen molar-refractivity contribution in [1.29, 1.82) is 0 Å². The van der Waals surface area contributed by atoms with Crippen molar-refractivity contribution in [3.05, 3.63) is 45.0 Å². The minimum atomic E-state index is -5.03. The number of ether oxygens (including phenoxy) is 1.